The normalized spacial score (nSPS) is 9.00. The second-order valence-electron chi connectivity index (χ2n) is 1.17. The van der Waals surface area contributed by atoms with Crippen molar-refractivity contribution in [1.29, 1.82) is 0 Å². The van der Waals surface area contributed by atoms with Crippen LogP contribution in [0.1, 0.15) is 0 Å². The average molecular weight is 74.0 g/mol. The topological polar surface area (TPSA) is 28.7 Å². The summed E-state index contributed by atoms with van der Waals surface area (Å²) >= 11 is 1.92. The number of hydrogen-bond acceptors (Lipinski definition) is 1. The number of H-pyrrole nitrogens is 1. The molecule has 0 aliphatic heterocycles. The van der Waals surface area contributed by atoms with Crippen molar-refractivity contribution < 1.29 is 0 Å². The number of imidazole rings is 1. The van der Waals surface area contributed by atoms with Gasteiger partial charge in [-0.25, -0.2) is 0 Å². The molecule has 1 N–H and O–H groups in total. The SMILES string of the molecule is [Li][c]1ncc[nH]1. The van der Waals surface area contributed by atoms with E-state index in [-0.39, 0.29) is 0 Å². The molecule has 0 spiro atoms. The molecule has 0 aromatic carbocycles. The molecular weight excluding hydrogens is 71.0 g/mol. The third-order valence-corrected chi connectivity index (χ3v) is 0.635. The fourth-order valence-electron chi connectivity index (χ4n) is 0.344. The Bertz CT molecular complexity index is 112. The van der Waals surface area contributed by atoms with E-state index in [0.29, 0.717) is 0 Å². The van der Waals surface area contributed by atoms with Crippen molar-refractivity contribution in [3.8, 4) is 0 Å². The van der Waals surface area contributed by atoms with Crippen LogP contribution < -0.4 is 4.50 Å². The number of nitrogens with one attached hydrogen (secondary N) is 1. The van der Waals surface area contributed by atoms with Crippen LogP contribution >= 0.6 is 0 Å². The van der Waals surface area contributed by atoms with Gasteiger partial charge in [-0.2, -0.15) is 0 Å². The maximum absolute atomic E-state index is 3.86. The van der Waals surface area contributed by atoms with E-state index < -0.39 is 0 Å². The molecule has 1 rings (SSSR count). The summed E-state index contributed by atoms with van der Waals surface area (Å²) in [5.74, 6) is 0. The molecule has 0 radical (unpaired) electrons. The van der Waals surface area contributed by atoms with Crippen molar-refractivity contribution in [2.45, 2.75) is 0 Å². The van der Waals surface area contributed by atoms with Crippen LogP contribution in [0.25, 0.3) is 0 Å². The van der Waals surface area contributed by atoms with Crippen LogP contribution in [0.3, 0.4) is 0 Å². The molecule has 1 heterocycles. The monoisotopic (exact) mass is 74.0 g/mol. The molecule has 0 unspecified atom stereocenters. The summed E-state index contributed by atoms with van der Waals surface area (Å²) in [5, 5.41) is 0. The van der Waals surface area contributed by atoms with Gasteiger partial charge in [0.15, 0.2) is 0 Å². The second-order valence-corrected chi connectivity index (χ2v) is 1.17. The molecule has 0 saturated carbocycles. The van der Waals surface area contributed by atoms with E-state index in [1.54, 1.807) is 12.4 Å². The molecule has 6 heavy (non-hydrogen) atoms. The van der Waals surface area contributed by atoms with Gasteiger partial charge in [0.1, 0.15) is 0 Å². The number of aromatic amines is 1. The fraction of sp³-hybridized carbons (Fsp3) is 0. The van der Waals surface area contributed by atoms with Crippen LogP contribution in [-0.2, 0) is 0 Å². The zero-order valence-electron chi connectivity index (χ0n) is 3.60. The van der Waals surface area contributed by atoms with E-state index >= 15 is 0 Å². The van der Waals surface area contributed by atoms with Gasteiger partial charge in [-0.3, -0.25) is 0 Å². The Morgan fingerprint density at radius 2 is 2.67 bits per heavy atom. The summed E-state index contributed by atoms with van der Waals surface area (Å²) in [4.78, 5) is 6.75. The molecule has 0 aliphatic rings. The summed E-state index contributed by atoms with van der Waals surface area (Å²) in [7, 11) is 0. The van der Waals surface area contributed by atoms with Gasteiger partial charge in [-0.1, -0.05) is 0 Å². The molecule has 0 fully saturated rings. The zero-order chi connectivity index (χ0) is 4.41. The molecule has 3 heteroatoms. The molecule has 1 aromatic heterocycles. The third kappa shape index (κ3) is 0.648. The minimum absolute atomic E-state index is 0.968. The summed E-state index contributed by atoms with van der Waals surface area (Å²) in [5.41, 5.74) is 0. The second kappa shape index (κ2) is 1.50. The standard InChI is InChI=1S/C3H3N2.Li/c1-2-5-3-4-1;/h1-2H,(H,4,5);. The van der Waals surface area contributed by atoms with Crippen LogP contribution in [-0.4, -0.2) is 27.7 Å². The van der Waals surface area contributed by atoms with Crippen molar-refractivity contribution in [3.63, 3.8) is 0 Å². The summed E-state index contributed by atoms with van der Waals surface area (Å²) in [6.07, 6.45) is 3.53. The van der Waals surface area contributed by atoms with Gasteiger partial charge in [-0.15, -0.1) is 0 Å². The van der Waals surface area contributed by atoms with Gasteiger partial charge >= 0.3 is 44.6 Å². The Hall–Kier alpha value is -0.193. The van der Waals surface area contributed by atoms with Crippen LogP contribution in [0, 0.1) is 0 Å². The predicted octanol–water partition coefficient (Wildman–Crippen LogP) is -0.797. The quantitative estimate of drug-likeness (QED) is 0.401. The van der Waals surface area contributed by atoms with Crippen LogP contribution in [0.4, 0.5) is 0 Å². The molecule has 0 bridgehead atoms. The zero-order valence-corrected chi connectivity index (χ0v) is 3.60. The Balaban J connectivity index is 3.05. The molecular formula is C3H3LiN2. The number of nitrogens with zero attached hydrogens (tertiary/aromatic N) is 1. The van der Waals surface area contributed by atoms with Crippen molar-refractivity contribution in [1.82, 2.24) is 9.97 Å². The molecule has 1 aromatic rings. The summed E-state index contributed by atoms with van der Waals surface area (Å²) in [6.45, 7) is 0. The van der Waals surface area contributed by atoms with Gasteiger partial charge in [0.2, 0.25) is 0 Å². The minimum atomic E-state index is 0.968. The fourth-order valence-corrected chi connectivity index (χ4v) is 0.344. The van der Waals surface area contributed by atoms with Gasteiger partial charge in [0, 0.05) is 0 Å². The number of hydrogen-bond donors (Lipinski definition) is 1. The van der Waals surface area contributed by atoms with E-state index in [1.165, 1.54) is 0 Å². The van der Waals surface area contributed by atoms with Crippen LogP contribution in [0.5, 0.6) is 0 Å². The Kier molecular flexibility index (Phi) is 0.997. The first-order chi connectivity index (χ1) is 2.89. The van der Waals surface area contributed by atoms with Gasteiger partial charge in [0.05, 0.1) is 0 Å². The number of aromatic nitrogens is 2. The third-order valence-electron chi connectivity index (χ3n) is 0.635. The van der Waals surface area contributed by atoms with E-state index in [2.05, 4.69) is 9.97 Å². The summed E-state index contributed by atoms with van der Waals surface area (Å²) < 4.78 is 0.968. The molecule has 0 atom stereocenters. The molecule has 0 saturated heterocycles. The molecule has 26 valence electrons. The van der Waals surface area contributed by atoms with E-state index in [9.17, 15) is 0 Å². The van der Waals surface area contributed by atoms with Crippen molar-refractivity contribution in [3.05, 3.63) is 12.4 Å². The van der Waals surface area contributed by atoms with Crippen molar-refractivity contribution in [2.24, 2.45) is 0 Å². The van der Waals surface area contributed by atoms with Crippen molar-refractivity contribution in [2.75, 3.05) is 0 Å². The van der Waals surface area contributed by atoms with E-state index in [4.69, 9.17) is 0 Å². The van der Waals surface area contributed by atoms with Gasteiger partial charge in [-0.05, 0) is 0 Å². The first-order valence-electron chi connectivity index (χ1n) is 1.85. The van der Waals surface area contributed by atoms with E-state index in [0.717, 1.165) is 4.50 Å². The summed E-state index contributed by atoms with van der Waals surface area (Å²) in [6, 6.07) is 0. The van der Waals surface area contributed by atoms with Crippen LogP contribution in [0.15, 0.2) is 12.4 Å². The molecule has 2 nitrogen and oxygen atoms in total. The maximum atomic E-state index is 3.86. The Labute approximate surface area is 45.2 Å². The first kappa shape index (κ1) is 3.98. The first-order valence-corrected chi connectivity index (χ1v) is 1.85. The van der Waals surface area contributed by atoms with Crippen molar-refractivity contribution >= 4 is 22.2 Å². The predicted molar refractivity (Wildman–Crippen MR) is 24.0 cm³/mol. The molecule has 0 aliphatic carbocycles. The van der Waals surface area contributed by atoms with Crippen LogP contribution in [0.2, 0.25) is 0 Å². The average Bonchev–Trinajstić information content (AvgIpc) is 1.86. The van der Waals surface area contributed by atoms with Gasteiger partial charge in [0.25, 0.3) is 0 Å². The van der Waals surface area contributed by atoms with E-state index in [1.807, 2.05) is 17.7 Å². The number of rotatable bonds is 0. The Morgan fingerprint density at radius 3 is 2.83 bits per heavy atom. The Morgan fingerprint density at radius 1 is 1.83 bits per heavy atom. The molecule has 0 amide bonds. The van der Waals surface area contributed by atoms with Gasteiger partial charge < -0.3 is 0 Å².